The normalized spacial score (nSPS) is 20.1. The van der Waals surface area contributed by atoms with E-state index in [1.165, 1.54) is 4.90 Å². The number of hydrogen-bond donors (Lipinski definition) is 4. The third-order valence-electron chi connectivity index (χ3n) is 7.82. The summed E-state index contributed by atoms with van der Waals surface area (Å²) in [5.74, 6) is -2.66. The molecule has 0 aromatic heterocycles. The Morgan fingerprint density at radius 1 is 0.978 bits per heavy atom. The van der Waals surface area contributed by atoms with E-state index in [9.17, 15) is 19.2 Å². The highest BCUT2D eigenvalue weighted by atomic mass is 16.6. The van der Waals surface area contributed by atoms with Crippen molar-refractivity contribution in [2.45, 2.75) is 83.6 Å². The Hall–Kier alpha value is -3.91. The molecule has 0 spiro atoms. The molecular weight excluding hydrogens is 598 g/mol. The smallest absolute Gasteiger partial charge is 0.410 e. The van der Waals surface area contributed by atoms with Gasteiger partial charge >= 0.3 is 24.0 Å². The van der Waals surface area contributed by atoms with Crippen LogP contribution >= 0.6 is 0 Å². The molecule has 3 atom stereocenters. The van der Waals surface area contributed by atoms with Crippen LogP contribution in [-0.4, -0.2) is 97.5 Å². The largest absolute Gasteiger partial charge is 0.490 e. The van der Waals surface area contributed by atoms with Crippen LogP contribution in [0, 0.1) is 16.7 Å². The van der Waals surface area contributed by atoms with Crippen LogP contribution < -0.4 is 21.5 Å². The lowest BCUT2D eigenvalue weighted by molar-refractivity contribution is -0.171. The number of nitrogens with two attached hydrogens (primary N) is 2. The molecule has 0 bridgehead atoms. The molecule has 1 aromatic carbocycles. The minimum absolute atomic E-state index is 0.00927. The number of amidine groups is 1. The van der Waals surface area contributed by atoms with Crippen LogP contribution in [0.25, 0.3) is 0 Å². The van der Waals surface area contributed by atoms with Gasteiger partial charge in [-0.05, 0) is 91.1 Å². The van der Waals surface area contributed by atoms with Gasteiger partial charge in [0, 0.05) is 13.0 Å². The van der Waals surface area contributed by atoms with Crippen LogP contribution in [0.1, 0.15) is 59.9 Å². The zero-order valence-electron chi connectivity index (χ0n) is 27.9. The van der Waals surface area contributed by atoms with Crippen molar-refractivity contribution in [2.24, 2.45) is 22.8 Å². The van der Waals surface area contributed by atoms with Gasteiger partial charge in [0.1, 0.15) is 34.8 Å². The van der Waals surface area contributed by atoms with Crippen LogP contribution in [0.4, 0.5) is 4.79 Å². The molecule has 6 N–H and O–H groups in total. The number of esters is 3. The summed E-state index contributed by atoms with van der Waals surface area (Å²) in [6.45, 7) is 11.5. The fourth-order valence-corrected chi connectivity index (χ4v) is 5.54. The van der Waals surface area contributed by atoms with Crippen molar-refractivity contribution in [3.05, 3.63) is 29.8 Å². The number of hydrogen-bond acceptors (Lipinski definition) is 12. The molecule has 2 fully saturated rings. The van der Waals surface area contributed by atoms with Gasteiger partial charge in [0.2, 0.25) is 5.54 Å². The molecule has 1 aromatic rings. The minimum atomic E-state index is -2.05. The number of nitrogens with zero attached hydrogens (tertiary/aromatic N) is 1. The monoisotopic (exact) mass is 647 g/mol. The molecule has 1 amide bonds. The van der Waals surface area contributed by atoms with E-state index in [0.717, 1.165) is 7.11 Å². The number of piperidine rings is 1. The van der Waals surface area contributed by atoms with E-state index in [0.29, 0.717) is 37.2 Å². The Balaban J connectivity index is 1.69. The molecule has 0 saturated carbocycles. The quantitative estimate of drug-likeness (QED) is 0.0844. The summed E-state index contributed by atoms with van der Waals surface area (Å²) in [5.41, 5.74) is 7.66. The second kappa shape index (κ2) is 14.2. The zero-order valence-corrected chi connectivity index (χ0v) is 27.9. The highest BCUT2D eigenvalue weighted by Crippen LogP contribution is 2.39. The van der Waals surface area contributed by atoms with Gasteiger partial charge in [-0.2, -0.15) is 0 Å². The topological polar surface area (TPSA) is 206 Å². The highest BCUT2D eigenvalue weighted by molar-refractivity contribution is 6.05. The number of rotatable bonds is 12. The molecule has 2 heterocycles. The molecule has 0 radical (unpaired) electrons. The second-order valence-corrected chi connectivity index (χ2v) is 13.9. The van der Waals surface area contributed by atoms with E-state index in [4.69, 9.17) is 40.6 Å². The molecule has 2 saturated heterocycles. The molecule has 14 nitrogen and oxygen atoms in total. The minimum Gasteiger partial charge on any atom is -0.490 e. The highest BCUT2D eigenvalue weighted by Gasteiger charge is 2.54. The van der Waals surface area contributed by atoms with Gasteiger partial charge in [-0.1, -0.05) is 12.1 Å². The first-order valence-electron chi connectivity index (χ1n) is 15.4. The molecule has 3 unspecified atom stereocenters. The Kier molecular flexibility index (Phi) is 11.3. The molecule has 0 aliphatic carbocycles. The van der Waals surface area contributed by atoms with Gasteiger partial charge in [-0.3, -0.25) is 10.2 Å². The third kappa shape index (κ3) is 8.87. The SMILES string of the molecule is COC(=O)C(N)(Cc1ccc(OCC2CN(CC(C(=N)N)(C(=O)OC(C)(C)C)C3CCNCC3)C(=O)O2)cc1)C(=O)OC(C)(C)C. The summed E-state index contributed by atoms with van der Waals surface area (Å²) >= 11 is 0. The van der Waals surface area contributed by atoms with Crippen LogP contribution in [0.15, 0.2) is 24.3 Å². The van der Waals surface area contributed by atoms with Gasteiger partial charge in [0.15, 0.2) is 6.10 Å². The fourth-order valence-electron chi connectivity index (χ4n) is 5.54. The van der Waals surface area contributed by atoms with E-state index in [1.54, 1.807) is 65.8 Å². The van der Waals surface area contributed by atoms with E-state index in [1.807, 2.05) is 0 Å². The van der Waals surface area contributed by atoms with E-state index in [2.05, 4.69) is 5.32 Å². The van der Waals surface area contributed by atoms with Crippen molar-refractivity contribution in [2.75, 3.05) is 39.9 Å². The molecule has 2 aliphatic heterocycles. The van der Waals surface area contributed by atoms with Crippen LogP contribution in [0.2, 0.25) is 0 Å². The van der Waals surface area contributed by atoms with Crippen LogP contribution in [0.3, 0.4) is 0 Å². The molecule has 2 aliphatic rings. The second-order valence-electron chi connectivity index (χ2n) is 13.9. The van der Waals surface area contributed by atoms with Crippen molar-refractivity contribution in [1.29, 1.82) is 5.41 Å². The maximum Gasteiger partial charge on any atom is 0.410 e. The first kappa shape index (κ1) is 36.6. The number of benzene rings is 1. The van der Waals surface area contributed by atoms with Crippen molar-refractivity contribution in [3.63, 3.8) is 0 Å². The zero-order chi connectivity index (χ0) is 34.5. The maximum absolute atomic E-state index is 13.6. The number of ether oxygens (including phenoxy) is 5. The van der Waals surface area contributed by atoms with Gasteiger partial charge in [0.05, 0.1) is 13.7 Å². The van der Waals surface area contributed by atoms with Gasteiger partial charge in [-0.15, -0.1) is 0 Å². The first-order valence-corrected chi connectivity index (χ1v) is 15.4. The van der Waals surface area contributed by atoms with Crippen LogP contribution in [-0.2, 0) is 39.8 Å². The van der Waals surface area contributed by atoms with Crippen molar-refractivity contribution < 1.29 is 42.9 Å². The van der Waals surface area contributed by atoms with E-state index in [-0.39, 0.29) is 37.9 Å². The summed E-state index contributed by atoms with van der Waals surface area (Å²) in [5, 5.41) is 11.8. The first-order chi connectivity index (χ1) is 21.3. The Morgan fingerprint density at radius 2 is 1.54 bits per heavy atom. The molecule has 14 heteroatoms. The van der Waals surface area contributed by atoms with E-state index >= 15 is 0 Å². The van der Waals surface area contributed by atoms with Crippen molar-refractivity contribution >= 4 is 29.8 Å². The summed E-state index contributed by atoms with van der Waals surface area (Å²) in [6.07, 6.45) is -0.292. The molecule has 3 rings (SSSR count). The summed E-state index contributed by atoms with van der Waals surface area (Å²) in [6, 6.07) is 6.57. The lowest BCUT2D eigenvalue weighted by Crippen LogP contribution is -2.59. The number of cyclic esters (lactones) is 1. The van der Waals surface area contributed by atoms with E-state index < -0.39 is 52.3 Å². The van der Waals surface area contributed by atoms with Crippen LogP contribution in [0.5, 0.6) is 5.75 Å². The average Bonchev–Trinajstić information content (AvgIpc) is 3.31. The molecular formula is C32H49N5O9. The predicted molar refractivity (Wildman–Crippen MR) is 168 cm³/mol. The molecule has 46 heavy (non-hydrogen) atoms. The standard InChI is InChI=1S/C32H49N5O9/c1-29(2,3)45-25(38)31(24(33)34,21-12-14-36-15-13-21)19-37-17-23(44-28(37)41)18-43-22-10-8-20(9-11-22)16-32(35,26(39)42-7)27(40)46-30(4,5)6/h8-11,21,23,36H,12-19,35H2,1-7H3,(H3,33,34). The van der Waals surface area contributed by atoms with Crippen molar-refractivity contribution in [3.8, 4) is 5.75 Å². The lowest BCUT2D eigenvalue weighted by Gasteiger charge is -2.42. The van der Waals surface area contributed by atoms with Gasteiger partial charge in [0.25, 0.3) is 0 Å². The number of amides is 1. The summed E-state index contributed by atoms with van der Waals surface area (Å²) < 4.78 is 27.3. The Morgan fingerprint density at radius 3 is 2.07 bits per heavy atom. The van der Waals surface area contributed by atoms with Crippen molar-refractivity contribution in [1.82, 2.24) is 10.2 Å². The number of carbonyl (C=O) groups is 4. The Bertz CT molecular complexity index is 1280. The number of carbonyl (C=O) groups excluding carboxylic acids is 4. The molecule has 256 valence electrons. The van der Waals surface area contributed by atoms with Gasteiger partial charge in [-0.25, -0.2) is 14.4 Å². The number of methoxy groups -OCH3 is 1. The average molecular weight is 648 g/mol. The number of nitrogens with one attached hydrogen (secondary N) is 2. The maximum atomic E-state index is 13.6. The summed E-state index contributed by atoms with van der Waals surface area (Å²) in [7, 11) is 1.15. The fraction of sp³-hybridized carbons (Fsp3) is 0.656. The summed E-state index contributed by atoms with van der Waals surface area (Å²) in [4.78, 5) is 53.3. The third-order valence-corrected chi connectivity index (χ3v) is 7.82. The predicted octanol–water partition coefficient (Wildman–Crippen LogP) is 1.90. The van der Waals surface area contributed by atoms with Gasteiger partial charge < -0.3 is 45.4 Å². The lowest BCUT2D eigenvalue weighted by atomic mass is 9.69. The Labute approximate surface area is 270 Å².